The van der Waals surface area contributed by atoms with Gasteiger partial charge in [0.05, 0.1) is 0 Å². The van der Waals surface area contributed by atoms with Gasteiger partial charge < -0.3 is 5.32 Å². The van der Waals surface area contributed by atoms with E-state index in [0.717, 1.165) is 28.3 Å². The Balaban J connectivity index is 1.61. The smallest absolute Gasteiger partial charge is 0.323 e. The molecule has 0 saturated carbocycles. The highest BCUT2D eigenvalue weighted by atomic mass is 32.1. The second-order valence-electron chi connectivity index (χ2n) is 7.12. The molecule has 8 nitrogen and oxygen atoms in total. The molecule has 0 atom stereocenters. The molecule has 0 aliphatic carbocycles. The van der Waals surface area contributed by atoms with Gasteiger partial charge in [0.25, 0.3) is 5.91 Å². The van der Waals surface area contributed by atoms with Crippen molar-refractivity contribution in [2.45, 2.75) is 51.5 Å². The molecular weight excluding hydrogens is 390 g/mol. The number of carbonyl (C=O) groups is 3. The lowest BCUT2D eigenvalue weighted by Crippen LogP contribution is -2.47. The standard InChI is InChI=1S/C20H25N5O3S/c1-3-10-20(11-4-2)17(27)25(19(28)22-20)13-15(26)21-18-24-23-16(29-18)12-14-8-6-5-7-9-14/h5-9H,3-4,10-13H2,1-2H3,(H,22,28)(H,21,24,26). The third kappa shape index (κ3) is 4.79. The van der Waals surface area contributed by atoms with Crippen LogP contribution in [0.4, 0.5) is 9.93 Å². The molecule has 3 rings (SSSR count). The third-order valence-corrected chi connectivity index (χ3v) is 5.65. The summed E-state index contributed by atoms with van der Waals surface area (Å²) in [7, 11) is 0. The fourth-order valence-corrected chi connectivity index (χ4v) is 4.38. The van der Waals surface area contributed by atoms with Crippen molar-refractivity contribution in [3.05, 3.63) is 40.9 Å². The summed E-state index contributed by atoms with van der Waals surface area (Å²) in [6.07, 6.45) is 3.27. The maximum atomic E-state index is 12.9. The van der Waals surface area contributed by atoms with E-state index in [-0.39, 0.29) is 12.5 Å². The summed E-state index contributed by atoms with van der Waals surface area (Å²) < 4.78 is 0. The Labute approximate surface area is 173 Å². The van der Waals surface area contributed by atoms with Crippen molar-refractivity contribution in [2.75, 3.05) is 11.9 Å². The topological polar surface area (TPSA) is 104 Å². The average Bonchev–Trinajstić information content (AvgIpc) is 3.21. The SMILES string of the molecule is CCCC1(CCC)NC(=O)N(CC(=O)Nc2nnc(Cc3ccccc3)s2)C1=O. The summed E-state index contributed by atoms with van der Waals surface area (Å²) in [5, 5.41) is 14.6. The number of imide groups is 1. The Kier molecular flexibility index (Phi) is 6.58. The third-order valence-electron chi connectivity index (χ3n) is 4.81. The van der Waals surface area contributed by atoms with Crippen molar-refractivity contribution >= 4 is 34.3 Å². The maximum absolute atomic E-state index is 12.9. The largest absolute Gasteiger partial charge is 0.325 e. The van der Waals surface area contributed by atoms with E-state index in [0.29, 0.717) is 24.4 Å². The van der Waals surface area contributed by atoms with Gasteiger partial charge in [0.2, 0.25) is 11.0 Å². The number of benzene rings is 1. The second kappa shape index (κ2) is 9.13. The zero-order valence-electron chi connectivity index (χ0n) is 16.6. The van der Waals surface area contributed by atoms with Gasteiger partial charge >= 0.3 is 6.03 Å². The summed E-state index contributed by atoms with van der Waals surface area (Å²) in [4.78, 5) is 38.6. The zero-order chi connectivity index (χ0) is 20.9. The first-order valence-corrected chi connectivity index (χ1v) is 10.6. The van der Waals surface area contributed by atoms with E-state index in [4.69, 9.17) is 0 Å². The van der Waals surface area contributed by atoms with Crippen LogP contribution in [0.1, 0.15) is 50.1 Å². The lowest BCUT2D eigenvalue weighted by Gasteiger charge is -2.25. The number of amides is 4. The first-order valence-electron chi connectivity index (χ1n) is 9.77. The Bertz CT molecular complexity index is 877. The Morgan fingerprint density at radius 1 is 1.14 bits per heavy atom. The molecule has 9 heteroatoms. The molecular formula is C20H25N5O3S. The van der Waals surface area contributed by atoms with Gasteiger partial charge in [0.1, 0.15) is 17.1 Å². The number of urea groups is 1. The predicted octanol–water partition coefficient (Wildman–Crippen LogP) is 2.96. The maximum Gasteiger partial charge on any atom is 0.325 e. The molecule has 0 bridgehead atoms. The quantitative estimate of drug-likeness (QED) is 0.613. The minimum Gasteiger partial charge on any atom is -0.323 e. The highest BCUT2D eigenvalue weighted by Crippen LogP contribution is 2.28. The number of hydrogen-bond donors (Lipinski definition) is 2. The van der Waals surface area contributed by atoms with E-state index in [1.54, 1.807) is 0 Å². The Hall–Kier alpha value is -2.81. The summed E-state index contributed by atoms with van der Waals surface area (Å²) >= 11 is 1.27. The molecule has 1 saturated heterocycles. The molecule has 29 heavy (non-hydrogen) atoms. The molecule has 1 aromatic heterocycles. The number of aromatic nitrogens is 2. The van der Waals surface area contributed by atoms with Gasteiger partial charge in [0.15, 0.2) is 0 Å². The normalized spacial score (nSPS) is 15.4. The summed E-state index contributed by atoms with van der Waals surface area (Å²) in [5.74, 6) is -0.803. The van der Waals surface area contributed by atoms with E-state index in [1.807, 2.05) is 44.2 Å². The Morgan fingerprint density at radius 2 is 1.83 bits per heavy atom. The number of nitrogens with zero attached hydrogens (tertiary/aromatic N) is 3. The highest BCUT2D eigenvalue weighted by Gasteiger charge is 2.50. The number of anilines is 1. The first-order chi connectivity index (χ1) is 14.0. The van der Waals surface area contributed by atoms with E-state index < -0.39 is 17.5 Å². The molecule has 0 spiro atoms. The molecule has 2 aromatic rings. The molecule has 2 heterocycles. The van der Waals surface area contributed by atoms with Crippen molar-refractivity contribution in [2.24, 2.45) is 0 Å². The van der Waals surface area contributed by atoms with Crippen molar-refractivity contribution < 1.29 is 14.4 Å². The lowest BCUT2D eigenvalue weighted by atomic mass is 9.88. The number of rotatable bonds is 9. The minimum atomic E-state index is -0.896. The van der Waals surface area contributed by atoms with E-state index in [2.05, 4.69) is 20.8 Å². The summed E-state index contributed by atoms with van der Waals surface area (Å²) in [6.45, 7) is 3.59. The molecule has 1 aliphatic rings. The Morgan fingerprint density at radius 3 is 2.48 bits per heavy atom. The van der Waals surface area contributed by atoms with Gasteiger partial charge in [-0.2, -0.15) is 0 Å². The molecule has 0 radical (unpaired) electrons. The lowest BCUT2D eigenvalue weighted by molar-refractivity contribution is -0.134. The number of hydrogen-bond acceptors (Lipinski definition) is 6. The van der Waals surface area contributed by atoms with Crippen LogP contribution in [0, 0.1) is 0 Å². The number of nitrogens with one attached hydrogen (secondary N) is 2. The second-order valence-corrected chi connectivity index (χ2v) is 8.18. The van der Waals surface area contributed by atoms with Gasteiger partial charge in [-0.05, 0) is 18.4 Å². The van der Waals surface area contributed by atoms with Crippen LogP contribution in [0.5, 0.6) is 0 Å². The molecule has 1 aromatic carbocycles. The van der Waals surface area contributed by atoms with Gasteiger partial charge in [-0.3, -0.25) is 19.8 Å². The average molecular weight is 416 g/mol. The number of carbonyl (C=O) groups excluding carboxylic acids is 3. The van der Waals surface area contributed by atoms with Crippen LogP contribution in [0.15, 0.2) is 30.3 Å². The van der Waals surface area contributed by atoms with Crippen molar-refractivity contribution in [3.63, 3.8) is 0 Å². The van der Waals surface area contributed by atoms with Crippen LogP contribution >= 0.6 is 11.3 Å². The fourth-order valence-electron chi connectivity index (χ4n) is 3.59. The van der Waals surface area contributed by atoms with Crippen LogP contribution in [0.3, 0.4) is 0 Å². The summed E-state index contributed by atoms with van der Waals surface area (Å²) in [5.41, 5.74) is 0.205. The van der Waals surface area contributed by atoms with Gasteiger partial charge in [-0.15, -0.1) is 10.2 Å². The van der Waals surface area contributed by atoms with Crippen LogP contribution in [0.2, 0.25) is 0 Å². The monoisotopic (exact) mass is 415 g/mol. The molecule has 1 aliphatic heterocycles. The zero-order valence-corrected chi connectivity index (χ0v) is 17.4. The van der Waals surface area contributed by atoms with Crippen molar-refractivity contribution in [1.82, 2.24) is 20.4 Å². The van der Waals surface area contributed by atoms with Crippen LogP contribution in [-0.4, -0.2) is 45.0 Å². The van der Waals surface area contributed by atoms with E-state index >= 15 is 0 Å². The molecule has 154 valence electrons. The fraction of sp³-hybridized carbons (Fsp3) is 0.450. The van der Waals surface area contributed by atoms with Crippen LogP contribution in [0.25, 0.3) is 0 Å². The molecule has 2 N–H and O–H groups in total. The molecule has 4 amide bonds. The first kappa shape index (κ1) is 20.9. The van der Waals surface area contributed by atoms with E-state index in [9.17, 15) is 14.4 Å². The van der Waals surface area contributed by atoms with Gasteiger partial charge in [-0.25, -0.2) is 4.79 Å². The van der Waals surface area contributed by atoms with E-state index in [1.165, 1.54) is 11.3 Å². The molecule has 0 unspecified atom stereocenters. The van der Waals surface area contributed by atoms with Gasteiger partial charge in [-0.1, -0.05) is 68.4 Å². The summed E-state index contributed by atoms with van der Waals surface area (Å²) in [6, 6.07) is 9.32. The molecule has 1 fully saturated rings. The van der Waals surface area contributed by atoms with Crippen molar-refractivity contribution in [3.8, 4) is 0 Å². The van der Waals surface area contributed by atoms with Crippen LogP contribution in [-0.2, 0) is 16.0 Å². The van der Waals surface area contributed by atoms with Gasteiger partial charge in [0, 0.05) is 6.42 Å². The van der Waals surface area contributed by atoms with Crippen LogP contribution < -0.4 is 10.6 Å². The highest BCUT2D eigenvalue weighted by molar-refractivity contribution is 7.15. The minimum absolute atomic E-state index is 0.330. The predicted molar refractivity (Wildman–Crippen MR) is 111 cm³/mol. The van der Waals surface area contributed by atoms with Crippen molar-refractivity contribution in [1.29, 1.82) is 0 Å².